The minimum absolute atomic E-state index is 0.0267. The van der Waals surface area contributed by atoms with E-state index in [0.29, 0.717) is 41.4 Å². The van der Waals surface area contributed by atoms with Gasteiger partial charge in [-0.25, -0.2) is 14.8 Å². The number of likely N-dealkylation sites (tertiary alicyclic amines) is 1. The van der Waals surface area contributed by atoms with E-state index in [-0.39, 0.29) is 12.5 Å². The number of nitrogens with one attached hydrogen (secondary N) is 4. The van der Waals surface area contributed by atoms with Crippen molar-refractivity contribution in [1.29, 1.82) is 0 Å². The van der Waals surface area contributed by atoms with Crippen molar-refractivity contribution < 1.29 is 14.0 Å². The third-order valence-electron chi connectivity index (χ3n) is 6.36. The number of nitrogens with zero attached hydrogens (tertiary/aromatic N) is 3. The highest BCUT2D eigenvalue weighted by molar-refractivity contribution is 5.99. The van der Waals surface area contributed by atoms with Crippen molar-refractivity contribution in [2.45, 2.75) is 32.7 Å². The van der Waals surface area contributed by atoms with E-state index in [1.54, 1.807) is 30.3 Å². The SMILES string of the molecule is CCNc1nc(-c2ccc(NC(=O)NCc3cccnc3F)cc2)ccc1C(=O)NCCN1CCCCC1. The van der Waals surface area contributed by atoms with Crippen molar-refractivity contribution in [2.24, 2.45) is 0 Å². The summed E-state index contributed by atoms with van der Waals surface area (Å²) in [6.45, 7) is 6.26. The number of carbonyl (C=O) groups excluding carboxylic acids is 2. The number of piperidine rings is 1. The van der Waals surface area contributed by atoms with Gasteiger partial charge in [-0.1, -0.05) is 24.6 Å². The summed E-state index contributed by atoms with van der Waals surface area (Å²) in [5, 5.41) is 11.6. The first-order valence-electron chi connectivity index (χ1n) is 13.0. The fraction of sp³-hybridized carbons (Fsp3) is 0.357. The predicted molar refractivity (Wildman–Crippen MR) is 147 cm³/mol. The molecule has 200 valence electrons. The lowest BCUT2D eigenvalue weighted by Crippen LogP contribution is -2.37. The Hall–Kier alpha value is -4.05. The second-order valence-electron chi connectivity index (χ2n) is 9.12. The lowest BCUT2D eigenvalue weighted by atomic mass is 10.1. The zero-order valence-corrected chi connectivity index (χ0v) is 21.6. The Balaban J connectivity index is 1.34. The maximum absolute atomic E-state index is 13.6. The molecule has 1 aliphatic heterocycles. The smallest absolute Gasteiger partial charge is 0.319 e. The Bertz CT molecular complexity index is 1230. The number of pyridine rings is 2. The molecule has 0 radical (unpaired) electrons. The normalized spacial score (nSPS) is 13.5. The third-order valence-corrected chi connectivity index (χ3v) is 6.36. The molecule has 0 bridgehead atoms. The van der Waals surface area contributed by atoms with E-state index in [1.807, 2.05) is 25.1 Å². The van der Waals surface area contributed by atoms with E-state index in [9.17, 15) is 14.0 Å². The molecule has 3 heterocycles. The van der Waals surface area contributed by atoms with Crippen molar-refractivity contribution >= 4 is 23.4 Å². The van der Waals surface area contributed by atoms with Crippen LogP contribution < -0.4 is 21.3 Å². The molecule has 10 heteroatoms. The monoisotopic (exact) mass is 519 g/mol. The van der Waals surface area contributed by atoms with Crippen molar-refractivity contribution in [3.8, 4) is 11.3 Å². The van der Waals surface area contributed by atoms with Crippen LogP contribution in [-0.4, -0.2) is 59.5 Å². The first kappa shape index (κ1) is 27.0. The number of benzene rings is 1. The van der Waals surface area contributed by atoms with E-state index in [2.05, 4.69) is 31.2 Å². The lowest BCUT2D eigenvalue weighted by molar-refractivity contribution is 0.0947. The molecule has 1 saturated heterocycles. The van der Waals surface area contributed by atoms with E-state index in [0.717, 1.165) is 25.2 Å². The van der Waals surface area contributed by atoms with Crippen LogP contribution in [0.25, 0.3) is 11.3 Å². The largest absolute Gasteiger partial charge is 0.370 e. The van der Waals surface area contributed by atoms with E-state index in [1.165, 1.54) is 25.5 Å². The number of carbonyl (C=O) groups is 2. The van der Waals surface area contributed by atoms with Crippen LogP contribution in [0.3, 0.4) is 0 Å². The van der Waals surface area contributed by atoms with Gasteiger partial charge in [0.05, 0.1) is 11.3 Å². The zero-order valence-electron chi connectivity index (χ0n) is 21.6. The number of urea groups is 1. The molecule has 1 aromatic carbocycles. The Morgan fingerprint density at radius 2 is 1.79 bits per heavy atom. The van der Waals surface area contributed by atoms with E-state index in [4.69, 9.17) is 4.98 Å². The van der Waals surface area contributed by atoms with Gasteiger partial charge in [0.25, 0.3) is 5.91 Å². The van der Waals surface area contributed by atoms with Crippen molar-refractivity contribution in [2.75, 3.05) is 43.4 Å². The second kappa shape index (κ2) is 13.5. The van der Waals surface area contributed by atoms with Crippen molar-refractivity contribution in [3.05, 3.63) is 71.8 Å². The maximum atomic E-state index is 13.6. The van der Waals surface area contributed by atoms with Crippen LogP contribution in [0.2, 0.25) is 0 Å². The molecule has 38 heavy (non-hydrogen) atoms. The summed E-state index contributed by atoms with van der Waals surface area (Å²) in [4.78, 5) is 35.7. The summed E-state index contributed by atoms with van der Waals surface area (Å²) in [5.74, 6) is -0.221. The van der Waals surface area contributed by atoms with Gasteiger partial charge in [0.15, 0.2) is 0 Å². The van der Waals surface area contributed by atoms with Gasteiger partial charge in [0.2, 0.25) is 5.95 Å². The van der Waals surface area contributed by atoms with Crippen molar-refractivity contribution in [1.82, 2.24) is 25.5 Å². The molecule has 9 nitrogen and oxygen atoms in total. The topological polar surface area (TPSA) is 111 Å². The van der Waals surface area contributed by atoms with Crippen LogP contribution in [0.15, 0.2) is 54.7 Å². The second-order valence-corrected chi connectivity index (χ2v) is 9.12. The van der Waals surface area contributed by atoms with Gasteiger partial charge >= 0.3 is 6.03 Å². The number of amides is 3. The highest BCUT2D eigenvalue weighted by atomic mass is 19.1. The van der Waals surface area contributed by atoms with Crippen LogP contribution in [-0.2, 0) is 6.54 Å². The molecular formula is C28H34FN7O2. The summed E-state index contributed by atoms with van der Waals surface area (Å²) >= 11 is 0. The quantitative estimate of drug-likeness (QED) is 0.298. The minimum Gasteiger partial charge on any atom is -0.370 e. The first-order valence-corrected chi connectivity index (χ1v) is 13.0. The first-order chi connectivity index (χ1) is 18.5. The Morgan fingerprint density at radius 1 is 1.00 bits per heavy atom. The van der Waals surface area contributed by atoms with Gasteiger partial charge in [-0.15, -0.1) is 0 Å². The molecule has 4 N–H and O–H groups in total. The van der Waals surface area contributed by atoms with E-state index >= 15 is 0 Å². The molecule has 0 atom stereocenters. The van der Waals surface area contributed by atoms with Gasteiger partial charge in [-0.05, 0) is 63.2 Å². The molecule has 3 aromatic rings. The molecule has 2 aromatic heterocycles. The standard InChI is InChI=1S/C28H34FN7O2/c1-2-30-26-23(27(37)32-15-18-36-16-4-3-5-17-36)12-13-24(35-26)20-8-10-22(11-9-20)34-28(38)33-19-21-7-6-14-31-25(21)29/h6-14H,2-5,15-19H2,1H3,(H,30,35)(H,32,37)(H2,33,34,38). The van der Waals surface area contributed by atoms with Crippen LogP contribution in [0, 0.1) is 5.95 Å². The van der Waals surface area contributed by atoms with Crippen LogP contribution in [0.1, 0.15) is 42.1 Å². The summed E-state index contributed by atoms with van der Waals surface area (Å²) < 4.78 is 13.6. The number of hydrogen-bond acceptors (Lipinski definition) is 6. The maximum Gasteiger partial charge on any atom is 0.319 e. The Morgan fingerprint density at radius 3 is 2.53 bits per heavy atom. The molecule has 1 fully saturated rings. The fourth-order valence-electron chi connectivity index (χ4n) is 4.34. The third kappa shape index (κ3) is 7.48. The zero-order chi connectivity index (χ0) is 26.7. The van der Waals surface area contributed by atoms with Crippen LogP contribution in [0.4, 0.5) is 20.7 Å². The molecule has 4 rings (SSSR count). The lowest BCUT2D eigenvalue weighted by Gasteiger charge is -2.26. The molecule has 0 aliphatic carbocycles. The van der Waals surface area contributed by atoms with Gasteiger partial charge in [0, 0.05) is 49.2 Å². The Kier molecular flexibility index (Phi) is 9.58. The Labute approximate surface area is 222 Å². The molecule has 0 unspecified atom stereocenters. The number of anilines is 2. The summed E-state index contributed by atoms with van der Waals surface area (Å²) in [6.07, 6.45) is 5.09. The predicted octanol–water partition coefficient (Wildman–Crippen LogP) is 4.25. The summed E-state index contributed by atoms with van der Waals surface area (Å²) in [7, 11) is 0. The summed E-state index contributed by atoms with van der Waals surface area (Å²) in [6, 6.07) is 13.5. The van der Waals surface area contributed by atoms with Gasteiger partial charge in [-0.3, -0.25) is 4.79 Å². The number of halogens is 1. The molecular weight excluding hydrogens is 485 g/mol. The van der Waals surface area contributed by atoms with Gasteiger partial charge < -0.3 is 26.2 Å². The van der Waals surface area contributed by atoms with Crippen molar-refractivity contribution in [3.63, 3.8) is 0 Å². The number of aromatic nitrogens is 2. The van der Waals surface area contributed by atoms with Crippen LogP contribution in [0.5, 0.6) is 0 Å². The average molecular weight is 520 g/mol. The number of rotatable bonds is 10. The fourth-order valence-corrected chi connectivity index (χ4v) is 4.34. The van der Waals surface area contributed by atoms with Gasteiger partial charge in [0.1, 0.15) is 5.82 Å². The summed E-state index contributed by atoms with van der Waals surface area (Å²) in [5.41, 5.74) is 2.93. The van der Waals surface area contributed by atoms with Crippen LogP contribution >= 0.6 is 0 Å². The highest BCUT2D eigenvalue weighted by Crippen LogP contribution is 2.24. The number of hydrogen-bond donors (Lipinski definition) is 4. The molecule has 0 saturated carbocycles. The van der Waals surface area contributed by atoms with Gasteiger partial charge in [-0.2, -0.15) is 4.39 Å². The highest BCUT2D eigenvalue weighted by Gasteiger charge is 2.15. The molecule has 1 aliphatic rings. The average Bonchev–Trinajstić information content (AvgIpc) is 2.94. The molecule has 0 spiro atoms. The van der Waals surface area contributed by atoms with E-state index < -0.39 is 12.0 Å². The minimum atomic E-state index is -0.609. The molecule has 3 amide bonds.